The molecule has 2 aliphatic carbocycles. The molecule has 3 aliphatic rings. The fraction of sp³-hybridized carbons (Fsp3) is 0.800. The van der Waals surface area contributed by atoms with Crippen molar-refractivity contribution in [1.29, 1.82) is 0 Å². The summed E-state index contributed by atoms with van der Waals surface area (Å²) in [6.45, 7) is 2.73. The van der Waals surface area contributed by atoms with E-state index in [9.17, 15) is 14.4 Å². The summed E-state index contributed by atoms with van der Waals surface area (Å²) in [4.78, 5) is 41.7. The average Bonchev–Trinajstić information content (AvgIpc) is 3.10. The van der Waals surface area contributed by atoms with Crippen molar-refractivity contribution in [2.45, 2.75) is 83.2 Å². The molecule has 3 amide bonds. The molecule has 1 saturated carbocycles. The van der Waals surface area contributed by atoms with Gasteiger partial charge < -0.3 is 20.6 Å². The lowest BCUT2D eigenvalue weighted by molar-refractivity contribution is -0.141. The van der Waals surface area contributed by atoms with E-state index in [1.165, 1.54) is 6.42 Å². The third-order valence-corrected chi connectivity index (χ3v) is 7.66. The van der Waals surface area contributed by atoms with Crippen molar-refractivity contribution in [3.63, 3.8) is 0 Å². The number of unbranched alkanes of at least 4 members (excludes halogenated alkanes) is 3. The van der Waals surface area contributed by atoms with E-state index in [1.54, 1.807) is 11.9 Å². The Morgan fingerprint density at radius 3 is 2.44 bits per heavy atom. The van der Waals surface area contributed by atoms with Crippen LogP contribution in [0, 0.1) is 23.7 Å². The van der Waals surface area contributed by atoms with Gasteiger partial charge in [0, 0.05) is 32.2 Å². The average molecular weight is 448 g/mol. The quantitative estimate of drug-likeness (QED) is 0.354. The molecule has 7 heteroatoms. The molecule has 3 N–H and O–H groups in total. The molecule has 0 bridgehead atoms. The van der Waals surface area contributed by atoms with Crippen LogP contribution in [-0.2, 0) is 14.4 Å². The Morgan fingerprint density at radius 2 is 1.78 bits per heavy atom. The van der Waals surface area contributed by atoms with Crippen molar-refractivity contribution in [3.05, 3.63) is 12.2 Å². The van der Waals surface area contributed by atoms with Gasteiger partial charge in [0.15, 0.2) is 0 Å². The molecule has 0 aromatic heterocycles. The molecule has 1 saturated heterocycles. The SMILES string of the molecule is CC[C@@H]1C=C[C@H]2[C@@H](C(=O)N(CCCCCCO)[C@@H]2C(=O)NC2CCCCC2)[C@@H]1C(=O)NC. The first kappa shape index (κ1) is 24.7. The summed E-state index contributed by atoms with van der Waals surface area (Å²) < 4.78 is 0. The van der Waals surface area contributed by atoms with E-state index in [-0.39, 0.29) is 42.2 Å². The van der Waals surface area contributed by atoms with Crippen molar-refractivity contribution in [3.8, 4) is 0 Å². The number of hydrogen-bond acceptors (Lipinski definition) is 4. The largest absolute Gasteiger partial charge is 0.396 e. The van der Waals surface area contributed by atoms with Crippen LogP contribution < -0.4 is 10.6 Å². The Labute approximate surface area is 192 Å². The third kappa shape index (κ3) is 5.36. The first-order valence-electron chi connectivity index (χ1n) is 12.6. The summed E-state index contributed by atoms with van der Waals surface area (Å²) in [5, 5.41) is 15.0. The van der Waals surface area contributed by atoms with E-state index in [0.717, 1.165) is 57.8 Å². The van der Waals surface area contributed by atoms with Crippen LogP contribution in [0.3, 0.4) is 0 Å². The molecule has 2 fully saturated rings. The molecule has 0 spiro atoms. The van der Waals surface area contributed by atoms with Gasteiger partial charge in [-0.1, -0.05) is 51.2 Å². The van der Waals surface area contributed by atoms with Gasteiger partial charge in [0.1, 0.15) is 6.04 Å². The molecule has 32 heavy (non-hydrogen) atoms. The number of fused-ring (bicyclic) bond motifs is 1. The molecule has 1 heterocycles. The van der Waals surface area contributed by atoms with Gasteiger partial charge in [-0.3, -0.25) is 14.4 Å². The number of nitrogens with one attached hydrogen (secondary N) is 2. The monoisotopic (exact) mass is 447 g/mol. The van der Waals surface area contributed by atoms with Gasteiger partial charge in [0.2, 0.25) is 17.7 Å². The molecule has 0 radical (unpaired) electrons. The smallest absolute Gasteiger partial charge is 0.243 e. The van der Waals surface area contributed by atoms with Gasteiger partial charge in [0.25, 0.3) is 0 Å². The molecule has 0 unspecified atom stereocenters. The first-order chi connectivity index (χ1) is 15.5. The van der Waals surface area contributed by atoms with Crippen molar-refractivity contribution in [1.82, 2.24) is 15.5 Å². The van der Waals surface area contributed by atoms with Crippen molar-refractivity contribution in [2.75, 3.05) is 20.2 Å². The Hall–Kier alpha value is -1.89. The number of hydrogen-bond donors (Lipinski definition) is 3. The number of allylic oxidation sites excluding steroid dienone is 1. The maximum absolute atomic E-state index is 13.7. The van der Waals surface area contributed by atoms with E-state index in [2.05, 4.69) is 16.7 Å². The minimum Gasteiger partial charge on any atom is -0.396 e. The lowest BCUT2D eigenvalue weighted by Gasteiger charge is -2.34. The Morgan fingerprint density at radius 1 is 1.06 bits per heavy atom. The number of amides is 3. The zero-order valence-electron chi connectivity index (χ0n) is 19.7. The fourth-order valence-corrected chi connectivity index (χ4v) is 5.93. The molecular formula is C25H41N3O4. The zero-order chi connectivity index (χ0) is 23.1. The van der Waals surface area contributed by atoms with Gasteiger partial charge >= 0.3 is 0 Å². The second-order valence-corrected chi connectivity index (χ2v) is 9.66. The van der Waals surface area contributed by atoms with Crippen LogP contribution >= 0.6 is 0 Å². The number of rotatable bonds is 10. The first-order valence-corrected chi connectivity index (χ1v) is 12.6. The highest BCUT2D eigenvalue weighted by atomic mass is 16.3. The van der Waals surface area contributed by atoms with E-state index in [4.69, 9.17) is 5.11 Å². The molecule has 3 rings (SSSR count). The summed E-state index contributed by atoms with van der Waals surface area (Å²) in [5.41, 5.74) is 0. The van der Waals surface area contributed by atoms with Gasteiger partial charge in [-0.05, 0) is 38.0 Å². The van der Waals surface area contributed by atoms with E-state index in [0.29, 0.717) is 6.54 Å². The highest BCUT2D eigenvalue weighted by molar-refractivity contribution is 5.96. The second-order valence-electron chi connectivity index (χ2n) is 9.66. The van der Waals surface area contributed by atoms with Gasteiger partial charge in [0.05, 0.1) is 11.8 Å². The number of nitrogens with zero attached hydrogens (tertiary/aromatic N) is 1. The van der Waals surface area contributed by atoms with Crippen LogP contribution in [0.25, 0.3) is 0 Å². The highest BCUT2D eigenvalue weighted by Crippen LogP contribution is 2.45. The van der Waals surface area contributed by atoms with E-state index < -0.39 is 17.9 Å². The summed E-state index contributed by atoms with van der Waals surface area (Å²) in [7, 11) is 1.62. The van der Waals surface area contributed by atoms with E-state index >= 15 is 0 Å². The minimum atomic E-state index is -0.548. The molecule has 0 aromatic carbocycles. The molecule has 1 aliphatic heterocycles. The summed E-state index contributed by atoms with van der Waals surface area (Å²) in [5.74, 6) is -1.41. The Balaban J connectivity index is 1.82. The van der Waals surface area contributed by atoms with E-state index in [1.807, 2.05) is 13.0 Å². The van der Waals surface area contributed by atoms with Crippen LogP contribution in [-0.4, -0.2) is 60.0 Å². The summed E-state index contributed by atoms with van der Waals surface area (Å²) >= 11 is 0. The lowest BCUT2D eigenvalue weighted by atomic mass is 9.68. The second kappa shape index (κ2) is 11.8. The molecule has 5 atom stereocenters. The topological polar surface area (TPSA) is 98.7 Å². The lowest BCUT2D eigenvalue weighted by Crippen LogP contribution is -2.50. The van der Waals surface area contributed by atoms with Crippen LogP contribution in [0.2, 0.25) is 0 Å². The molecule has 7 nitrogen and oxygen atoms in total. The number of carbonyl (C=O) groups excluding carboxylic acids is 3. The Kier molecular flexibility index (Phi) is 9.14. The number of aliphatic hydroxyl groups is 1. The standard InChI is InChI=1S/C25H41N3O4/c1-3-17-13-14-19-21(20(17)23(30)26-2)25(32)28(15-9-4-5-10-16-29)22(19)24(31)27-18-11-7-6-8-12-18/h13-14,17-22,29H,3-12,15-16H2,1-2H3,(H,26,30)(H,27,31)/t17-,19+,20-,21-,22+/m1/s1. The number of carbonyl (C=O) groups is 3. The van der Waals surface area contributed by atoms with Crippen molar-refractivity contribution >= 4 is 17.7 Å². The predicted octanol–water partition coefficient (Wildman–Crippen LogP) is 2.39. The molecular weight excluding hydrogens is 406 g/mol. The summed E-state index contributed by atoms with van der Waals surface area (Å²) in [6.07, 6.45) is 13.7. The zero-order valence-corrected chi connectivity index (χ0v) is 19.7. The minimum absolute atomic E-state index is 0.00621. The maximum atomic E-state index is 13.7. The van der Waals surface area contributed by atoms with Crippen LogP contribution in [0.4, 0.5) is 0 Å². The van der Waals surface area contributed by atoms with Crippen LogP contribution in [0.15, 0.2) is 12.2 Å². The molecule has 180 valence electrons. The van der Waals surface area contributed by atoms with Gasteiger partial charge in [-0.15, -0.1) is 0 Å². The molecule has 0 aromatic rings. The fourth-order valence-electron chi connectivity index (χ4n) is 5.93. The normalized spacial score (nSPS) is 30.3. The maximum Gasteiger partial charge on any atom is 0.243 e. The summed E-state index contributed by atoms with van der Waals surface area (Å²) in [6, 6.07) is -0.365. The predicted molar refractivity (Wildman–Crippen MR) is 124 cm³/mol. The number of aliphatic hydroxyl groups excluding tert-OH is 1. The highest BCUT2D eigenvalue weighted by Gasteiger charge is 2.56. The third-order valence-electron chi connectivity index (χ3n) is 7.66. The Bertz CT molecular complexity index is 689. The van der Waals surface area contributed by atoms with Crippen LogP contribution in [0.1, 0.15) is 71.1 Å². The van der Waals surface area contributed by atoms with Gasteiger partial charge in [-0.2, -0.15) is 0 Å². The number of likely N-dealkylation sites (tertiary alicyclic amines) is 1. The van der Waals surface area contributed by atoms with Crippen molar-refractivity contribution < 1.29 is 19.5 Å². The van der Waals surface area contributed by atoms with Crippen molar-refractivity contribution in [2.24, 2.45) is 23.7 Å². The van der Waals surface area contributed by atoms with Gasteiger partial charge in [-0.25, -0.2) is 0 Å². The van der Waals surface area contributed by atoms with Crippen LogP contribution in [0.5, 0.6) is 0 Å².